The van der Waals surface area contributed by atoms with Gasteiger partial charge in [0.05, 0.1) is 11.8 Å². The first kappa shape index (κ1) is 15.8. The van der Waals surface area contributed by atoms with E-state index in [0.29, 0.717) is 18.8 Å². The minimum Gasteiger partial charge on any atom is -0.373 e. The summed E-state index contributed by atoms with van der Waals surface area (Å²) in [6.45, 7) is 1.26. The lowest BCUT2D eigenvalue weighted by Crippen LogP contribution is -2.34. The first-order chi connectivity index (χ1) is 11.2. The van der Waals surface area contributed by atoms with Crippen LogP contribution in [0.1, 0.15) is 18.1 Å². The molecule has 0 spiro atoms. The van der Waals surface area contributed by atoms with Crippen LogP contribution >= 0.6 is 11.6 Å². The molecule has 1 saturated heterocycles. The largest absolute Gasteiger partial charge is 0.373 e. The number of benzene rings is 1. The van der Waals surface area contributed by atoms with Crippen molar-refractivity contribution in [2.75, 3.05) is 18.5 Å². The van der Waals surface area contributed by atoms with Crippen LogP contribution in [-0.4, -0.2) is 24.2 Å². The first-order valence-electron chi connectivity index (χ1n) is 7.56. The van der Waals surface area contributed by atoms with Crippen LogP contribution in [0.5, 0.6) is 0 Å². The summed E-state index contributed by atoms with van der Waals surface area (Å²) in [5, 5.41) is 5.86. The third-order valence-corrected chi connectivity index (χ3v) is 4.18. The van der Waals surface area contributed by atoms with E-state index in [0.717, 1.165) is 12.0 Å². The van der Waals surface area contributed by atoms with Crippen LogP contribution in [0.2, 0.25) is 5.15 Å². The molecule has 2 amide bonds. The lowest BCUT2D eigenvalue weighted by atomic mass is 9.95. The molecule has 1 aliphatic heterocycles. The highest BCUT2D eigenvalue weighted by molar-refractivity contribution is 6.32. The van der Waals surface area contributed by atoms with Crippen LogP contribution < -0.4 is 10.6 Å². The highest BCUT2D eigenvalue weighted by Gasteiger charge is 2.29. The second kappa shape index (κ2) is 7.44. The average Bonchev–Trinajstić information content (AvgIpc) is 3.04. The van der Waals surface area contributed by atoms with Gasteiger partial charge in [-0.15, -0.1) is 0 Å². The van der Waals surface area contributed by atoms with Gasteiger partial charge in [0.1, 0.15) is 0 Å². The molecule has 23 heavy (non-hydrogen) atoms. The Morgan fingerprint density at radius 1 is 1.26 bits per heavy atom. The monoisotopic (exact) mass is 331 g/mol. The van der Waals surface area contributed by atoms with E-state index in [1.54, 1.807) is 18.3 Å². The Bertz CT molecular complexity index is 666. The highest BCUT2D eigenvalue weighted by Crippen LogP contribution is 2.33. The zero-order chi connectivity index (χ0) is 16.1. The van der Waals surface area contributed by atoms with Crippen molar-refractivity contribution in [3.63, 3.8) is 0 Å². The fourth-order valence-corrected chi connectivity index (χ4v) is 2.89. The fourth-order valence-electron chi connectivity index (χ4n) is 2.72. The Labute approximate surface area is 140 Å². The number of pyridine rings is 1. The highest BCUT2D eigenvalue weighted by atomic mass is 35.5. The molecule has 1 aromatic heterocycles. The molecule has 0 unspecified atom stereocenters. The maximum absolute atomic E-state index is 12.0. The van der Waals surface area contributed by atoms with Gasteiger partial charge in [-0.25, -0.2) is 9.78 Å². The average molecular weight is 332 g/mol. The van der Waals surface area contributed by atoms with Crippen molar-refractivity contribution in [3.05, 3.63) is 59.4 Å². The van der Waals surface area contributed by atoms with E-state index in [4.69, 9.17) is 16.3 Å². The molecule has 1 aromatic carbocycles. The van der Waals surface area contributed by atoms with Crippen LogP contribution in [0.15, 0.2) is 48.7 Å². The molecule has 2 heterocycles. The number of anilines is 1. The summed E-state index contributed by atoms with van der Waals surface area (Å²) in [5.41, 5.74) is 1.64. The van der Waals surface area contributed by atoms with Crippen LogP contribution in [-0.2, 0) is 4.74 Å². The topological polar surface area (TPSA) is 63.2 Å². The quantitative estimate of drug-likeness (QED) is 0.841. The standard InChI is InChI=1S/C17H18ClN3O2/c18-16-14(7-4-9-19-16)21-17(22)20-11-13-8-10-23-15(13)12-5-2-1-3-6-12/h1-7,9,13,15H,8,10-11H2,(H2,20,21,22)/t13-,15+/m0/s1. The van der Waals surface area contributed by atoms with Gasteiger partial charge in [-0.2, -0.15) is 0 Å². The predicted octanol–water partition coefficient (Wildman–Crippen LogP) is 3.63. The van der Waals surface area contributed by atoms with E-state index in [-0.39, 0.29) is 23.2 Å². The molecule has 3 rings (SSSR count). The molecule has 120 valence electrons. The third kappa shape index (κ3) is 4.00. The van der Waals surface area contributed by atoms with Crippen molar-refractivity contribution in [1.29, 1.82) is 0 Å². The van der Waals surface area contributed by atoms with E-state index in [2.05, 4.69) is 27.8 Å². The minimum absolute atomic E-state index is 0.0264. The summed E-state index contributed by atoms with van der Waals surface area (Å²) in [4.78, 5) is 15.9. The number of halogens is 1. The zero-order valence-electron chi connectivity index (χ0n) is 12.5. The summed E-state index contributed by atoms with van der Waals surface area (Å²) >= 11 is 5.93. The number of rotatable bonds is 4. The molecule has 5 nitrogen and oxygen atoms in total. The maximum Gasteiger partial charge on any atom is 0.319 e. The van der Waals surface area contributed by atoms with Gasteiger partial charge in [0.15, 0.2) is 5.15 Å². The molecule has 0 aliphatic carbocycles. The first-order valence-corrected chi connectivity index (χ1v) is 7.94. The predicted molar refractivity (Wildman–Crippen MR) is 89.5 cm³/mol. The Kier molecular flexibility index (Phi) is 5.10. The van der Waals surface area contributed by atoms with Crippen LogP contribution in [0, 0.1) is 5.92 Å². The van der Waals surface area contributed by atoms with Crippen molar-refractivity contribution in [2.45, 2.75) is 12.5 Å². The maximum atomic E-state index is 12.0. The van der Waals surface area contributed by atoms with Crippen molar-refractivity contribution < 1.29 is 9.53 Å². The molecule has 0 saturated carbocycles. The number of carbonyl (C=O) groups is 1. The number of carbonyl (C=O) groups excluding carboxylic acids is 1. The number of hydrogen-bond acceptors (Lipinski definition) is 3. The third-order valence-electron chi connectivity index (χ3n) is 3.87. The second-order valence-electron chi connectivity index (χ2n) is 5.43. The van der Waals surface area contributed by atoms with E-state index >= 15 is 0 Å². The van der Waals surface area contributed by atoms with Gasteiger partial charge in [-0.05, 0) is 24.1 Å². The number of hydrogen-bond donors (Lipinski definition) is 2. The van der Waals surface area contributed by atoms with E-state index < -0.39 is 0 Å². The van der Waals surface area contributed by atoms with Crippen molar-refractivity contribution in [2.24, 2.45) is 5.92 Å². The molecule has 2 atom stereocenters. The number of nitrogens with zero attached hydrogens (tertiary/aromatic N) is 1. The Morgan fingerprint density at radius 2 is 2.09 bits per heavy atom. The number of amides is 2. The summed E-state index contributed by atoms with van der Waals surface area (Å²) in [6, 6.07) is 13.2. The van der Waals surface area contributed by atoms with Crippen LogP contribution in [0.4, 0.5) is 10.5 Å². The number of nitrogens with one attached hydrogen (secondary N) is 2. The molecular formula is C17H18ClN3O2. The lowest BCUT2D eigenvalue weighted by molar-refractivity contribution is 0.0911. The van der Waals surface area contributed by atoms with Crippen molar-refractivity contribution in [3.8, 4) is 0 Å². The Morgan fingerprint density at radius 3 is 2.87 bits per heavy atom. The lowest BCUT2D eigenvalue weighted by Gasteiger charge is -2.19. The summed E-state index contributed by atoms with van der Waals surface area (Å²) in [5.74, 6) is 0.257. The minimum atomic E-state index is -0.293. The number of urea groups is 1. The Balaban J connectivity index is 1.55. The van der Waals surface area contributed by atoms with Crippen LogP contribution in [0.3, 0.4) is 0 Å². The fraction of sp³-hybridized carbons (Fsp3) is 0.294. The van der Waals surface area contributed by atoms with Gasteiger partial charge in [-0.1, -0.05) is 41.9 Å². The smallest absolute Gasteiger partial charge is 0.319 e. The van der Waals surface area contributed by atoms with Crippen molar-refractivity contribution in [1.82, 2.24) is 10.3 Å². The van der Waals surface area contributed by atoms with Crippen LogP contribution in [0.25, 0.3) is 0 Å². The van der Waals surface area contributed by atoms with Gasteiger partial charge >= 0.3 is 6.03 Å². The van der Waals surface area contributed by atoms with E-state index in [9.17, 15) is 4.79 Å². The van der Waals surface area contributed by atoms with Gasteiger partial charge in [-0.3, -0.25) is 0 Å². The normalized spacial score (nSPS) is 20.2. The molecule has 1 fully saturated rings. The zero-order valence-corrected chi connectivity index (χ0v) is 13.3. The summed E-state index contributed by atoms with van der Waals surface area (Å²) in [6.07, 6.45) is 2.53. The van der Waals surface area contributed by atoms with Gasteiger partial charge in [0.25, 0.3) is 0 Å². The molecule has 0 radical (unpaired) electrons. The SMILES string of the molecule is O=C(NC[C@@H]1CCO[C@@H]1c1ccccc1)Nc1cccnc1Cl. The molecule has 0 bridgehead atoms. The van der Waals surface area contributed by atoms with Gasteiger partial charge in [0.2, 0.25) is 0 Å². The van der Waals surface area contributed by atoms with Gasteiger partial charge in [0, 0.05) is 25.3 Å². The number of ether oxygens (including phenoxy) is 1. The summed E-state index contributed by atoms with van der Waals surface area (Å²) < 4.78 is 5.82. The Hall–Kier alpha value is -2.11. The summed E-state index contributed by atoms with van der Waals surface area (Å²) in [7, 11) is 0. The molecular weight excluding hydrogens is 314 g/mol. The second-order valence-corrected chi connectivity index (χ2v) is 5.79. The van der Waals surface area contributed by atoms with E-state index in [1.165, 1.54) is 0 Å². The van der Waals surface area contributed by atoms with Crippen molar-refractivity contribution >= 4 is 23.3 Å². The van der Waals surface area contributed by atoms with E-state index in [1.807, 2.05) is 18.2 Å². The molecule has 2 N–H and O–H groups in total. The molecule has 1 aliphatic rings. The number of aromatic nitrogens is 1. The van der Waals surface area contributed by atoms with Gasteiger partial charge < -0.3 is 15.4 Å². The molecule has 2 aromatic rings. The molecule has 6 heteroatoms.